The Balaban J connectivity index is 1.69. The summed E-state index contributed by atoms with van der Waals surface area (Å²) in [6, 6.07) is 8.94. The van der Waals surface area contributed by atoms with Crippen LogP contribution in [0.1, 0.15) is 38.5 Å². The van der Waals surface area contributed by atoms with Gasteiger partial charge in [0.15, 0.2) is 22.9 Å². The summed E-state index contributed by atoms with van der Waals surface area (Å²) in [7, 11) is 0. The van der Waals surface area contributed by atoms with E-state index in [9.17, 15) is 4.79 Å². The van der Waals surface area contributed by atoms with Gasteiger partial charge in [-0.25, -0.2) is 0 Å². The summed E-state index contributed by atoms with van der Waals surface area (Å²) in [5, 5.41) is 15.8. The number of ether oxygens (including phenoxy) is 1. The van der Waals surface area contributed by atoms with E-state index < -0.39 is 5.25 Å². The summed E-state index contributed by atoms with van der Waals surface area (Å²) in [5.41, 5.74) is 0. The lowest BCUT2D eigenvalue weighted by atomic mass is 10.3. The van der Waals surface area contributed by atoms with Crippen molar-refractivity contribution in [2.75, 3.05) is 5.32 Å². The molecule has 3 aromatic rings. The van der Waals surface area contributed by atoms with Crippen LogP contribution in [-0.2, 0) is 11.3 Å². The quantitative estimate of drug-likeness (QED) is 0.520. The average Bonchev–Trinajstić information content (AvgIpc) is 3.29. The van der Waals surface area contributed by atoms with Crippen LogP contribution in [0.25, 0.3) is 0 Å². The fourth-order valence-electron chi connectivity index (χ4n) is 2.63. The van der Waals surface area contributed by atoms with Gasteiger partial charge in [-0.15, -0.1) is 10.2 Å². The number of hydrogen-bond acceptors (Lipinski definition) is 7. The number of aromatic nitrogens is 4. The van der Waals surface area contributed by atoms with E-state index in [1.165, 1.54) is 11.8 Å². The number of nitrogens with one attached hydrogen (secondary N) is 1. The maximum atomic E-state index is 12.4. The van der Waals surface area contributed by atoms with E-state index in [4.69, 9.17) is 20.9 Å². The molecular formula is C19H22ClN5O3S. The van der Waals surface area contributed by atoms with Gasteiger partial charge in [-0.3, -0.25) is 4.79 Å². The fourth-order valence-corrected chi connectivity index (χ4v) is 3.73. The minimum Gasteiger partial charge on any atom is -0.481 e. The molecule has 0 saturated heterocycles. The van der Waals surface area contributed by atoms with Crippen molar-refractivity contribution in [1.82, 2.24) is 19.9 Å². The molecule has 0 aliphatic rings. The fraction of sp³-hybridized carbons (Fsp3) is 0.368. The van der Waals surface area contributed by atoms with Gasteiger partial charge in [0, 0.05) is 12.6 Å². The van der Waals surface area contributed by atoms with Crippen molar-refractivity contribution >= 4 is 35.1 Å². The van der Waals surface area contributed by atoms with E-state index in [2.05, 4.69) is 20.7 Å². The van der Waals surface area contributed by atoms with Crippen LogP contribution in [0, 0.1) is 6.92 Å². The SMILES string of the molecule is CCn1c(SC(C)C(=O)Nc2cc(C)on2)nnc1C(C)Oc1ccccc1Cl. The van der Waals surface area contributed by atoms with Gasteiger partial charge in [0.1, 0.15) is 11.5 Å². The molecule has 0 aliphatic carbocycles. The second-order valence-corrected chi connectivity index (χ2v) is 8.06. The summed E-state index contributed by atoms with van der Waals surface area (Å²) < 4.78 is 12.9. The number of amides is 1. The largest absolute Gasteiger partial charge is 0.481 e. The Morgan fingerprint density at radius 2 is 2.10 bits per heavy atom. The highest BCUT2D eigenvalue weighted by atomic mass is 35.5. The van der Waals surface area contributed by atoms with Crippen LogP contribution in [0.5, 0.6) is 5.75 Å². The molecule has 154 valence electrons. The van der Waals surface area contributed by atoms with Crippen molar-refractivity contribution in [2.24, 2.45) is 0 Å². The molecule has 3 rings (SSSR count). The number of hydrogen-bond donors (Lipinski definition) is 1. The lowest BCUT2D eigenvalue weighted by Crippen LogP contribution is -2.23. The second kappa shape index (κ2) is 9.32. The molecule has 2 heterocycles. The van der Waals surface area contributed by atoms with E-state index in [1.54, 1.807) is 32.0 Å². The van der Waals surface area contributed by atoms with Crippen molar-refractivity contribution in [3.63, 3.8) is 0 Å². The first-order chi connectivity index (χ1) is 13.9. The topological polar surface area (TPSA) is 95.1 Å². The molecule has 8 nitrogen and oxygen atoms in total. The lowest BCUT2D eigenvalue weighted by molar-refractivity contribution is -0.115. The monoisotopic (exact) mass is 435 g/mol. The molecule has 2 aromatic heterocycles. The van der Waals surface area contributed by atoms with Crippen molar-refractivity contribution in [2.45, 2.75) is 50.8 Å². The Hall–Kier alpha value is -2.52. The number of anilines is 1. The Morgan fingerprint density at radius 1 is 1.34 bits per heavy atom. The van der Waals surface area contributed by atoms with Crippen LogP contribution < -0.4 is 10.1 Å². The number of carbonyl (C=O) groups is 1. The predicted octanol–water partition coefficient (Wildman–Crippen LogP) is 4.51. The number of thioether (sulfide) groups is 1. The minimum absolute atomic E-state index is 0.198. The van der Waals surface area contributed by atoms with Crippen molar-refractivity contribution < 1.29 is 14.1 Å². The number of benzene rings is 1. The molecule has 0 spiro atoms. The summed E-state index contributed by atoms with van der Waals surface area (Å²) >= 11 is 7.49. The summed E-state index contributed by atoms with van der Waals surface area (Å²) in [6.45, 7) is 8.07. The molecule has 0 fully saturated rings. The van der Waals surface area contributed by atoms with Gasteiger partial charge < -0.3 is 19.1 Å². The average molecular weight is 436 g/mol. The molecule has 0 bridgehead atoms. The van der Waals surface area contributed by atoms with Gasteiger partial charge in [0.05, 0.1) is 10.3 Å². The maximum Gasteiger partial charge on any atom is 0.238 e. The third-order valence-electron chi connectivity index (χ3n) is 4.10. The Morgan fingerprint density at radius 3 is 2.76 bits per heavy atom. The van der Waals surface area contributed by atoms with Gasteiger partial charge in [-0.05, 0) is 39.8 Å². The van der Waals surface area contributed by atoms with Crippen molar-refractivity contribution in [3.8, 4) is 5.75 Å². The number of nitrogens with zero attached hydrogens (tertiary/aromatic N) is 4. The highest BCUT2D eigenvalue weighted by Gasteiger charge is 2.23. The number of halogens is 1. The number of para-hydroxylation sites is 1. The van der Waals surface area contributed by atoms with Crippen LogP contribution in [0.4, 0.5) is 5.82 Å². The highest BCUT2D eigenvalue weighted by molar-refractivity contribution is 8.00. The summed E-state index contributed by atoms with van der Waals surface area (Å²) in [5.74, 6) is 2.06. The first-order valence-corrected chi connectivity index (χ1v) is 10.4. The molecule has 0 aliphatic heterocycles. The molecular weight excluding hydrogens is 414 g/mol. The standard InChI is InChI=1S/C19H22ClN5O3S/c1-5-25-17(12(3)27-15-9-7-6-8-14(15)20)22-23-19(25)29-13(4)18(26)21-16-10-11(2)28-24-16/h6-10,12-13H,5H2,1-4H3,(H,21,24,26). The van der Waals surface area contributed by atoms with Crippen LogP contribution in [0.3, 0.4) is 0 Å². The molecule has 29 heavy (non-hydrogen) atoms. The highest BCUT2D eigenvalue weighted by Crippen LogP contribution is 2.30. The van der Waals surface area contributed by atoms with Gasteiger partial charge in [0.2, 0.25) is 5.91 Å². The van der Waals surface area contributed by atoms with Crippen LogP contribution in [-0.4, -0.2) is 31.1 Å². The zero-order valence-corrected chi connectivity index (χ0v) is 18.1. The summed E-state index contributed by atoms with van der Waals surface area (Å²) in [6.07, 6.45) is -0.362. The first-order valence-electron chi connectivity index (χ1n) is 9.14. The molecule has 0 radical (unpaired) electrons. The Kier molecular flexibility index (Phi) is 6.81. The third kappa shape index (κ3) is 5.10. The van der Waals surface area contributed by atoms with Crippen LogP contribution in [0.2, 0.25) is 5.02 Å². The first kappa shape index (κ1) is 21.2. The molecule has 10 heteroatoms. The van der Waals surface area contributed by atoms with Crippen LogP contribution >= 0.6 is 23.4 Å². The maximum absolute atomic E-state index is 12.4. The molecule has 1 aromatic carbocycles. The Labute approximate surface area is 178 Å². The number of rotatable bonds is 8. The van der Waals surface area contributed by atoms with Gasteiger partial charge in [-0.1, -0.05) is 40.7 Å². The summed E-state index contributed by atoms with van der Waals surface area (Å²) in [4.78, 5) is 12.4. The van der Waals surface area contributed by atoms with E-state index in [-0.39, 0.29) is 12.0 Å². The lowest BCUT2D eigenvalue weighted by Gasteiger charge is -2.17. The van der Waals surface area contributed by atoms with E-state index in [0.29, 0.717) is 39.9 Å². The van der Waals surface area contributed by atoms with Crippen LogP contribution in [0.15, 0.2) is 40.0 Å². The number of aryl methyl sites for hydroxylation is 1. The molecule has 2 atom stereocenters. The van der Waals surface area contributed by atoms with Gasteiger partial charge in [0.25, 0.3) is 0 Å². The van der Waals surface area contributed by atoms with E-state index in [1.807, 2.05) is 30.5 Å². The third-order valence-corrected chi connectivity index (χ3v) is 5.49. The van der Waals surface area contributed by atoms with Crippen molar-refractivity contribution in [1.29, 1.82) is 0 Å². The van der Waals surface area contributed by atoms with E-state index >= 15 is 0 Å². The van der Waals surface area contributed by atoms with E-state index in [0.717, 1.165) is 0 Å². The molecule has 2 unspecified atom stereocenters. The normalized spacial score (nSPS) is 13.1. The minimum atomic E-state index is -0.408. The molecule has 1 amide bonds. The zero-order chi connectivity index (χ0) is 21.0. The Bertz CT molecular complexity index is 990. The predicted molar refractivity (Wildman–Crippen MR) is 111 cm³/mol. The zero-order valence-electron chi connectivity index (χ0n) is 16.5. The smallest absolute Gasteiger partial charge is 0.238 e. The molecule has 1 N–H and O–H groups in total. The second-order valence-electron chi connectivity index (χ2n) is 6.35. The van der Waals surface area contributed by atoms with Crippen molar-refractivity contribution in [3.05, 3.63) is 46.9 Å². The molecule has 0 saturated carbocycles. The van der Waals surface area contributed by atoms with Gasteiger partial charge >= 0.3 is 0 Å². The number of carbonyl (C=O) groups excluding carboxylic acids is 1. The van der Waals surface area contributed by atoms with Gasteiger partial charge in [-0.2, -0.15) is 0 Å².